The Labute approximate surface area is 146 Å². The first-order valence-electron chi connectivity index (χ1n) is 8.57. The lowest BCUT2D eigenvalue weighted by atomic mass is 10.1. The van der Waals surface area contributed by atoms with Gasteiger partial charge in [-0.2, -0.15) is 0 Å². The molecule has 3 aromatic rings. The second kappa shape index (κ2) is 7.05. The molecule has 0 bridgehead atoms. The molecule has 0 amide bonds. The first kappa shape index (κ1) is 15.8. The summed E-state index contributed by atoms with van der Waals surface area (Å²) >= 11 is 1.75. The van der Waals surface area contributed by atoms with Gasteiger partial charge < -0.3 is 9.73 Å². The second-order valence-electron chi connectivity index (χ2n) is 6.64. The molecule has 0 radical (unpaired) electrons. The van der Waals surface area contributed by atoms with Crippen LogP contribution in [0.2, 0.25) is 0 Å². The molecular weight excluding hydrogens is 318 g/mol. The number of nitrogens with zero attached hydrogens (tertiary/aromatic N) is 2. The largest absolute Gasteiger partial charge is 0.460 e. The summed E-state index contributed by atoms with van der Waals surface area (Å²) < 4.78 is 6.04. The van der Waals surface area contributed by atoms with Gasteiger partial charge in [-0.3, -0.25) is 4.90 Å². The minimum absolute atomic E-state index is 0.725. The summed E-state index contributed by atoms with van der Waals surface area (Å²) in [6.45, 7) is 7.26. The fourth-order valence-electron chi connectivity index (χ4n) is 3.44. The molecule has 126 valence electrons. The zero-order chi connectivity index (χ0) is 16.4. The molecule has 2 aromatic heterocycles. The molecule has 1 saturated heterocycles. The average Bonchev–Trinajstić information content (AvgIpc) is 3.29. The van der Waals surface area contributed by atoms with Crippen molar-refractivity contribution in [3.05, 3.63) is 52.2 Å². The van der Waals surface area contributed by atoms with Crippen molar-refractivity contribution < 1.29 is 4.42 Å². The first-order valence-corrected chi connectivity index (χ1v) is 9.45. The van der Waals surface area contributed by atoms with Crippen LogP contribution in [0.4, 0.5) is 0 Å². The van der Waals surface area contributed by atoms with E-state index in [1.165, 1.54) is 16.7 Å². The van der Waals surface area contributed by atoms with Gasteiger partial charge in [0.2, 0.25) is 0 Å². The van der Waals surface area contributed by atoms with Gasteiger partial charge in [0.15, 0.2) is 0 Å². The Morgan fingerprint density at radius 3 is 3.00 bits per heavy atom. The molecule has 1 aromatic carbocycles. The highest BCUT2D eigenvalue weighted by Gasteiger charge is 2.20. The fraction of sp³-hybridized carbons (Fsp3) is 0.421. The normalized spacial score (nSPS) is 18.0. The third kappa shape index (κ3) is 3.53. The van der Waals surface area contributed by atoms with Gasteiger partial charge in [-0.15, -0.1) is 11.3 Å². The van der Waals surface area contributed by atoms with Gasteiger partial charge in [-0.25, -0.2) is 4.98 Å². The van der Waals surface area contributed by atoms with E-state index >= 15 is 0 Å². The van der Waals surface area contributed by atoms with Crippen LogP contribution in [0.25, 0.3) is 11.0 Å². The van der Waals surface area contributed by atoms with E-state index < -0.39 is 0 Å². The standard InChI is InChI=1S/C19H23N3OS/c1-14-19(24-13-21-14)12-22(10-15-6-7-20-9-15)11-17-8-16-4-2-3-5-18(16)23-17/h2-5,8,13,15,20H,6-7,9-12H2,1H3/t15-/m0/s1. The highest BCUT2D eigenvalue weighted by Crippen LogP contribution is 2.23. The summed E-state index contributed by atoms with van der Waals surface area (Å²) in [6.07, 6.45) is 1.26. The van der Waals surface area contributed by atoms with E-state index in [0.717, 1.165) is 55.7 Å². The number of rotatable bonds is 6. The second-order valence-corrected chi connectivity index (χ2v) is 7.58. The number of aryl methyl sites for hydroxylation is 1. The summed E-state index contributed by atoms with van der Waals surface area (Å²) in [5, 5.41) is 4.66. The van der Waals surface area contributed by atoms with Gasteiger partial charge in [0, 0.05) is 23.4 Å². The predicted molar refractivity (Wildman–Crippen MR) is 98.2 cm³/mol. The van der Waals surface area contributed by atoms with Gasteiger partial charge in [0.1, 0.15) is 11.3 Å². The van der Waals surface area contributed by atoms with Crippen LogP contribution < -0.4 is 5.32 Å². The Morgan fingerprint density at radius 1 is 1.33 bits per heavy atom. The van der Waals surface area contributed by atoms with Gasteiger partial charge in [-0.05, 0) is 44.5 Å². The average molecular weight is 341 g/mol. The van der Waals surface area contributed by atoms with Crippen LogP contribution in [0.1, 0.15) is 22.8 Å². The number of nitrogens with one attached hydrogen (secondary N) is 1. The van der Waals surface area contributed by atoms with Crippen molar-refractivity contribution in [3.63, 3.8) is 0 Å². The number of fused-ring (bicyclic) bond motifs is 1. The van der Waals surface area contributed by atoms with E-state index in [2.05, 4.69) is 40.3 Å². The summed E-state index contributed by atoms with van der Waals surface area (Å²) in [5.41, 5.74) is 4.07. The zero-order valence-electron chi connectivity index (χ0n) is 14.0. The van der Waals surface area contributed by atoms with Gasteiger partial charge in [-0.1, -0.05) is 18.2 Å². The van der Waals surface area contributed by atoms with E-state index in [0.29, 0.717) is 0 Å². The minimum atomic E-state index is 0.725. The predicted octanol–water partition coefficient (Wildman–Crippen LogP) is 3.81. The molecule has 1 atom stereocenters. The van der Waals surface area contributed by atoms with Crippen molar-refractivity contribution in [2.75, 3.05) is 19.6 Å². The van der Waals surface area contributed by atoms with Crippen molar-refractivity contribution in [3.8, 4) is 0 Å². The quantitative estimate of drug-likeness (QED) is 0.740. The molecule has 1 aliphatic heterocycles. The summed E-state index contributed by atoms with van der Waals surface area (Å²) in [4.78, 5) is 8.27. The Bertz CT molecular complexity index is 771. The molecule has 1 fully saturated rings. The molecule has 1 N–H and O–H groups in total. The van der Waals surface area contributed by atoms with Crippen molar-refractivity contribution in [2.45, 2.75) is 26.4 Å². The zero-order valence-corrected chi connectivity index (χ0v) is 14.8. The Kier molecular flexibility index (Phi) is 4.65. The third-order valence-corrected chi connectivity index (χ3v) is 5.67. The summed E-state index contributed by atoms with van der Waals surface area (Å²) in [7, 11) is 0. The molecule has 0 aliphatic carbocycles. The maximum Gasteiger partial charge on any atom is 0.134 e. The van der Waals surface area contributed by atoms with E-state index in [9.17, 15) is 0 Å². The van der Waals surface area contributed by atoms with Crippen LogP contribution in [0.5, 0.6) is 0 Å². The highest BCUT2D eigenvalue weighted by molar-refractivity contribution is 7.09. The minimum Gasteiger partial charge on any atom is -0.460 e. The van der Waals surface area contributed by atoms with Gasteiger partial charge >= 0.3 is 0 Å². The SMILES string of the molecule is Cc1ncsc1CN(Cc1cc2ccccc2o1)C[C@H]1CCNC1. The number of hydrogen-bond acceptors (Lipinski definition) is 5. The van der Waals surface area contributed by atoms with Crippen LogP contribution in [-0.2, 0) is 13.1 Å². The van der Waals surface area contributed by atoms with Crippen molar-refractivity contribution in [1.82, 2.24) is 15.2 Å². The van der Waals surface area contributed by atoms with E-state index in [1.807, 2.05) is 17.6 Å². The number of para-hydroxylation sites is 1. The van der Waals surface area contributed by atoms with Crippen LogP contribution in [0.15, 0.2) is 40.3 Å². The molecule has 0 saturated carbocycles. The van der Waals surface area contributed by atoms with Gasteiger partial charge in [0.25, 0.3) is 0 Å². The van der Waals surface area contributed by atoms with Crippen LogP contribution >= 0.6 is 11.3 Å². The van der Waals surface area contributed by atoms with E-state index in [1.54, 1.807) is 11.3 Å². The topological polar surface area (TPSA) is 41.3 Å². The fourth-order valence-corrected chi connectivity index (χ4v) is 4.26. The number of aromatic nitrogens is 1. The van der Waals surface area contributed by atoms with Gasteiger partial charge in [0.05, 0.1) is 17.7 Å². The maximum absolute atomic E-state index is 6.04. The van der Waals surface area contributed by atoms with Crippen LogP contribution in [0, 0.1) is 12.8 Å². The Hall–Kier alpha value is -1.69. The smallest absolute Gasteiger partial charge is 0.134 e. The molecule has 4 rings (SSSR count). The number of hydrogen-bond donors (Lipinski definition) is 1. The lowest BCUT2D eigenvalue weighted by Crippen LogP contribution is -2.29. The summed E-state index contributed by atoms with van der Waals surface area (Å²) in [5.74, 6) is 1.77. The molecule has 0 spiro atoms. The molecule has 5 heteroatoms. The maximum atomic E-state index is 6.04. The molecule has 0 unspecified atom stereocenters. The number of thiazole rings is 1. The van der Waals surface area contributed by atoms with Crippen LogP contribution in [-0.4, -0.2) is 29.5 Å². The third-order valence-electron chi connectivity index (χ3n) is 4.75. The molecule has 4 nitrogen and oxygen atoms in total. The first-order chi connectivity index (χ1) is 11.8. The monoisotopic (exact) mass is 341 g/mol. The summed E-state index contributed by atoms with van der Waals surface area (Å²) in [6, 6.07) is 10.4. The van der Waals surface area contributed by atoms with Crippen molar-refractivity contribution in [2.24, 2.45) is 5.92 Å². The van der Waals surface area contributed by atoms with Crippen molar-refractivity contribution >= 4 is 22.3 Å². The lowest BCUT2D eigenvalue weighted by Gasteiger charge is -2.24. The molecular formula is C19H23N3OS. The number of benzene rings is 1. The Balaban J connectivity index is 1.52. The van der Waals surface area contributed by atoms with Crippen molar-refractivity contribution in [1.29, 1.82) is 0 Å². The molecule has 3 heterocycles. The Morgan fingerprint density at radius 2 is 2.25 bits per heavy atom. The van der Waals surface area contributed by atoms with E-state index in [4.69, 9.17) is 4.42 Å². The van der Waals surface area contributed by atoms with Crippen LogP contribution in [0.3, 0.4) is 0 Å². The highest BCUT2D eigenvalue weighted by atomic mass is 32.1. The van der Waals surface area contributed by atoms with E-state index in [-0.39, 0.29) is 0 Å². The number of furan rings is 1. The lowest BCUT2D eigenvalue weighted by molar-refractivity contribution is 0.207. The molecule has 1 aliphatic rings. The molecule has 24 heavy (non-hydrogen) atoms.